The highest BCUT2D eigenvalue weighted by molar-refractivity contribution is 5.93. The molecule has 3 N–H and O–H groups in total. The van der Waals surface area contributed by atoms with Crippen LogP contribution in [0, 0.1) is 11.3 Å². The van der Waals surface area contributed by atoms with Gasteiger partial charge in [0.25, 0.3) is 5.91 Å². The van der Waals surface area contributed by atoms with Gasteiger partial charge in [0.2, 0.25) is 5.82 Å². The molecule has 0 unspecified atom stereocenters. The first kappa shape index (κ1) is 11.8. The molecule has 0 saturated carbocycles. The van der Waals surface area contributed by atoms with Crippen molar-refractivity contribution in [2.45, 2.75) is 6.54 Å². The fourth-order valence-electron chi connectivity index (χ4n) is 1.59. The predicted molar refractivity (Wildman–Crippen MR) is 64.1 cm³/mol. The summed E-state index contributed by atoms with van der Waals surface area (Å²) in [5.74, 6) is 5.07. The zero-order chi connectivity index (χ0) is 13.0. The molecule has 1 heterocycles. The van der Waals surface area contributed by atoms with Crippen LogP contribution < -0.4 is 11.3 Å². The van der Waals surface area contributed by atoms with E-state index in [-0.39, 0.29) is 5.91 Å². The third-order valence-corrected chi connectivity index (χ3v) is 2.52. The van der Waals surface area contributed by atoms with Gasteiger partial charge in [0, 0.05) is 24.5 Å². The molecule has 0 atom stereocenters. The topological polar surface area (TPSA) is 96.7 Å². The van der Waals surface area contributed by atoms with Crippen LogP contribution >= 0.6 is 0 Å². The lowest BCUT2D eigenvalue weighted by atomic mass is 10.1. The van der Waals surface area contributed by atoms with E-state index in [0.717, 1.165) is 5.56 Å². The Balaban J connectivity index is 2.16. The van der Waals surface area contributed by atoms with Gasteiger partial charge in [0.1, 0.15) is 6.07 Å². The molecule has 0 aliphatic carbocycles. The fraction of sp³-hybridized carbons (Fsp3) is 0.0833. The van der Waals surface area contributed by atoms with E-state index in [9.17, 15) is 4.79 Å². The number of amides is 1. The molecule has 2 rings (SSSR count). The molecule has 90 valence electrons. The van der Waals surface area contributed by atoms with Crippen LogP contribution in [0.3, 0.4) is 0 Å². The van der Waals surface area contributed by atoms with Crippen LogP contribution in [-0.4, -0.2) is 15.5 Å². The van der Waals surface area contributed by atoms with Crippen molar-refractivity contribution in [2.24, 2.45) is 5.84 Å². The highest BCUT2D eigenvalue weighted by atomic mass is 16.2. The molecule has 6 nitrogen and oxygen atoms in total. The first-order valence-electron chi connectivity index (χ1n) is 5.25. The highest BCUT2D eigenvalue weighted by Crippen LogP contribution is 2.07. The van der Waals surface area contributed by atoms with Gasteiger partial charge >= 0.3 is 0 Å². The lowest BCUT2D eigenvalue weighted by Crippen LogP contribution is -2.29. The first-order chi connectivity index (χ1) is 8.74. The van der Waals surface area contributed by atoms with Gasteiger partial charge in [-0.3, -0.25) is 10.2 Å². The summed E-state index contributed by atoms with van der Waals surface area (Å²) in [5.41, 5.74) is 3.53. The van der Waals surface area contributed by atoms with E-state index in [1.807, 2.05) is 18.2 Å². The van der Waals surface area contributed by atoms with Crippen molar-refractivity contribution in [2.75, 3.05) is 0 Å². The number of nitrogens with one attached hydrogen (secondary N) is 1. The van der Waals surface area contributed by atoms with Gasteiger partial charge in [-0.15, -0.1) is 0 Å². The van der Waals surface area contributed by atoms with Crippen molar-refractivity contribution in [3.63, 3.8) is 0 Å². The predicted octanol–water partition coefficient (Wildman–Crippen LogP) is 0.407. The number of nitriles is 1. The maximum absolute atomic E-state index is 11.2. The maximum atomic E-state index is 11.2. The summed E-state index contributed by atoms with van der Waals surface area (Å²) in [7, 11) is 0. The molecule has 0 spiro atoms. The quantitative estimate of drug-likeness (QED) is 0.462. The van der Waals surface area contributed by atoms with Gasteiger partial charge in [-0.2, -0.15) is 5.26 Å². The number of carbonyl (C=O) groups excluding carboxylic acids is 1. The van der Waals surface area contributed by atoms with Gasteiger partial charge in [0.15, 0.2) is 0 Å². The van der Waals surface area contributed by atoms with E-state index >= 15 is 0 Å². The molecule has 1 aromatic heterocycles. The van der Waals surface area contributed by atoms with Crippen LogP contribution in [0.1, 0.15) is 21.7 Å². The van der Waals surface area contributed by atoms with E-state index in [2.05, 4.69) is 10.4 Å². The van der Waals surface area contributed by atoms with Crippen LogP contribution in [0.4, 0.5) is 0 Å². The van der Waals surface area contributed by atoms with Crippen LogP contribution in [-0.2, 0) is 6.54 Å². The zero-order valence-corrected chi connectivity index (χ0v) is 9.50. The van der Waals surface area contributed by atoms with Crippen molar-refractivity contribution in [3.05, 3.63) is 53.6 Å². The van der Waals surface area contributed by atoms with Crippen LogP contribution in [0.15, 0.2) is 36.7 Å². The number of hydrogen-bond donors (Lipinski definition) is 2. The van der Waals surface area contributed by atoms with Gasteiger partial charge in [0.05, 0.1) is 0 Å². The molecule has 0 aliphatic rings. The van der Waals surface area contributed by atoms with Gasteiger partial charge in [-0.1, -0.05) is 12.1 Å². The number of hydrogen-bond acceptors (Lipinski definition) is 4. The number of imidazole rings is 1. The molecule has 2 aromatic rings. The van der Waals surface area contributed by atoms with Crippen LogP contribution in [0.5, 0.6) is 0 Å². The second kappa shape index (κ2) is 5.12. The molecule has 0 fully saturated rings. The van der Waals surface area contributed by atoms with Crippen LogP contribution in [0.2, 0.25) is 0 Å². The summed E-state index contributed by atoms with van der Waals surface area (Å²) < 4.78 is 1.73. The molecule has 0 aliphatic heterocycles. The monoisotopic (exact) mass is 241 g/mol. The van der Waals surface area contributed by atoms with Crippen LogP contribution in [0.25, 0.3) is 0 Å². The Morgan fingerprint density at radius 2 is 2.17 bits per heavy atom. The summed E-state index contributed by atoms with van der Waals surface area (Å²) in [6, 6.07) is 8.99. The van der Waals surface area contributed by atoms with E-state index in [1.54, 1.807) is 29.1 Å². The number of rotatable bonds is 3. The Hall–Kier alpha value is -2.65. The normalized spacial score (nSPS) is 9.78. The van der Waals surface area contributed by atoms with Crippen molar-refractivity contribution in [3.8, 4) is 6.07 Å². The molecule has 0 saturated heterocycles. The van der Waals surface area contributed by atoms with E-state index in [1.165, 1.54) is 0 Å². The SMILES string of the molecule is N#Cc1nccn1Cc1ccc(C(=O)NN)cc1. The number of carbonyl (C=O) groups is 1. The maximum Gasteiger partial charge on any atom is 0.265 e. The Morgan fingerprint density at radius 3 is 2.78 bits per heavy atom. The smallest absolute Gasteiger partial charge is 0.265 e. The van der Waals surface area contributed by atoms with Crippen molar-refractivity contribution >= 4 is 5.91 Å². The van der Waals surface area contributed by atoms with Gasteiger partial charge in [-0.05, 0) is 17.7 Å². The molecule has 0 bridgehead atoms. The number of nitrogens with zero attached hydrogens (tertiary/aromatic N) is 3. The van der Waals surface area contributed by atoms with Crippen molar-refractivity contribution in [1.82, 2.24) is 15.0 Å². The average molecular weight is 241 g/mol. The molecular formula is C12H11N5O. The fourth-order valence-corrected chi connectivity index (χ4v) is 1.59. The van der Waals surface area contributed by atoms with E-state index in [4.69, 9.17) is 11.1 Å². The average Bonchev–Trinajstić information content (AvgIpc) is 2.86. The number of aromatic nitrogens is 2. The standard InChI is InChI=1S/C12H11N5O/c13-7-11-15-5-6-17(11)8-9-1-3-10(4-2-9)12(18)16-14/h1-6H,8,14H2,(H,16,18). The molecule has 18 heavy (non-hydrogen) atoms. The summed E-state index contributed by atoms with van der Waals surface area (Å²) >= 11 is 0. The third-order valence-electron chi connectivity index (χ3n) is 2.52. The molecule has 1 amide bonds. The van der Waals surface area contributed by atoms with Gasteiger partial charge in [-0.25, -0.2) is 10.8 Å². The molecule has 1 aromatic carbocycles. The minimum atomic E-state index is -0.332. The van der Waals surface area contributed by atoms with E-state index < -0.39 is 0 Å². The summed E-state index contributed by atoms with van der Waals surface area (Å²) in [4.78, 5) is 15.2. The zero-order valence-electron chi connectivity index (χ0n) is 9.50. The van der Waals surface area contributed by atoms with Crippen molar-refractivity contribution in [1.29, 1.82) is 5.26 Å². The first-order valence-corrected chi connectivity index (χ1v) is 5.25. The summed E-state index contributed by atoms with van der Waals surface area (Å²) in [5, 5.41) is 8.83. The Labute approximate surface area is 104 Å². The lowest BCUT2D eigenvalue weighted by Gasteiger charge is -2.05. The molecular weight excluding hydrogens is 230 g/mol. The number of nitrogens with two attached hydrogens (primary N) is 1. The number of nitrogen functional groups attached to an aromatic ring is 1. The minimum absolute atomic E-state index is 0.332. The number of benzene rings is 1. The third kappa shape index (κ3) is 2.36. The second-order valence-corrected chi connectivity index (χ2v) is 3.66. The minimum Gasteiger partial charge on any atom is -0.318 e. The molecule has 0 radical (unpaired) electrons. The van der Waals surface area contributed by atoms with Gasteiger partial charge < -0.3 is 4.57 Å². The Bertz CT molecular complexity index is 594. The largest absolute Gasteiger partial charge is 0.318 e. The van der Waals surface area contributed by atoms with E-state index in [0.29, 0.717) is 17.9 Å². The number of hydrazine groups is 1. The summed E-state index contributed by atoms with van der Waals surface area (Å²) in [6.45, 7) is 0.535. The highest BCUT2D eigenvalue weighted by Gasteiger charge is 2.05. The Morgan fingerprint density at radius 1 is 1.44 bits per heavy atom. The van der Waals surface area contributed by atoms with Crippen molar-refractivity contribution < 1.29 is 4.79 Å². The lowest BCUT2D eigenvalue weighted by molar-refractivity contribution is 0.0953. The Kier molecular flexibility index (Phi) is 3.36. The molecule has 6 heteroatoms. The second-order valence-electron chi connectivity index (χ2n) is 3.66. The summed E-state index contributed by atoms with van der Waals surface area (Å²) in [6.07, 6.45) is 3.31.